The molecule has 0 aromatic heterocycles. The molecule has 1 heterocycles. The van der Waals surface area contributed by atoms with Crippen molar-refractivity contribution in [2.24, 2.45) is 0 Å². The van der Waals surface area contributed by atoms with Gasteiger partial charge in [0.25, 0.3) is 11.8 Å². The number of nitrogens with zero attached hydrogens (tertiary/aromatic N) is 1. The van der Waals surface area contributed by atoms with Gasteiger partial charge >= 0.3 is 0 Å². The molecule has 0 bridgehead atoms. The maximum atomic E-state index is 14.1. The lowest BCUT2D eigenvalue weighted by Crippen LogP contribution is -2.45. The number of carbonyl (C=O) groups excluding carboxylic acids is 3. The molecule has 0 aliphatic carbocycles. The first-order valence-electron chi connectivity index (χ1n) is 9.03. The van der Waals surface area contributed by atoms with E-state index in [4.69, 9.17) is 9.47 Å². The number of fused-ring (bicyclic) bond motifs is 1. The normalized spacial score (nSPS) is 16.2. The van der Waals surface area contributed by atoms with Crippen molar-refractivity contribution in [3.05, 3.63) is 59.4 Å². The van der Waals surface area contributed by atoms with Gasteiger partial charge in [0.2, 0.25) is 0 Å². The number of benzene rings is 2. The Kier molecular flexibility index (Phi) is 5.73. The fourth-order valence-electron chi connectivity index (χ4n) is 2.96. The summed E-state index contributed by atoms with van der Waals surface area (Å²) in [6.45, 7) is 3.26. The van der Waals surface area contributed by atoms with Crippen LogP contribution in [0.3, 0.4) is 0 Å². The first kappa shape index (κ1) is 19.5. The van der Waals surface area contributed by atoms with E-state index in [1.54, 1.807) is 32.0 Å². The lowest BCUT2D eigenvalue weighted by atomic mass is 10.1. The van der Waals surface area contributed by atoms with Gasteiger partial charge in [-0.05, 0) is 43.7 Å². The number of para-hydroxylation sites is 1. The number of carbonyl (C=O) groups is 3. The van der Waals surface area contributed by atoms with Crippen molar-refractivity contribution in [1.29, 1.82) is 0 Å². The molecular weight excluding hydrogens is 365 g/mol. The number of halogens is 1. The van der Waals surface area contributed by atoms with Crippen LogP contribution in [0.15, 0.2) is 42.5 Å². The Morgan fingerprint density at radius 2 is 1.93 bits per heavy atom. The fourth-order valence-corrected chi connectivity index (χ4v) is 2.96. The van der Waals surface area contributed by atoms with E-state index in [0.29, 0.717) is 18.8 Å². The highest BCUT2D eigenvalue weighted by Gasteiger charge is 2.36. The Bertz CT molecular complexity index is 927. The van der Waals surface area contributed by atoms with Crippen molar-refractivity contribution in [3.8, 4) is 11.5 Å². The van der Waals surface area contributed by atoms with Crippen LogP contribution in [0.2, 0.25) is 0 Å². The van der Waals surface area contributed by atoms with Crippen LogP contribution in [0.4, 0.5) is 4.39 Å². The molecule has 146 valence electrons. The summed E-state index contributed by atoms with van der Waals surface area (Å²) in [5.41, 5.74) is 0.255. The zero-order chi connectivity index (χ0) is 20.3. The quantitative estimate of drug-likeness (QED) is 0.564. The number of rotatable bonds is 6. The number of ketones is 1. The van der Waals surface area contributed by atoms with Gasteiger partial charge in [-0.2, -0.15) is 0 Å². The van der Waals surface area contributed by atoms with Gasteiger partial charge in [-0.25, -0.2) is 4.39 Å². The van der Waals surface area contributed by atoms with Gasteiger partial charge in [-0.1, -0.05) is 19.1 Å². The lowest BCUT2D eigenvalue weighted by Gasteiger charge is -2.21. The third-order valence-electron chi connectivity index (χ3n) is 4.40. The fraction of sp³-hybridized carbons (Fsp3) is 0.286. The maximum Gasteiger partial charge on any atom is 0.270 e. The molecular formula is C21H20FNO5. The summed E-state index contributed by atoms with van der Waals surface area (Å²) >= 11 is 0. The van der Waals surface area contributed by atoms with E-state index >= 15 is 0 Å². The van der Waals surface area contributed by atoms with Crippen LogP contribution in [-0.4, -0.2) is 41.8 Å². The molecule has 0 spiro atoms. The predicted molar refractivity (Wildman–Crippen MR) is 99.1 cm³/mol. The van der Waals surface area contributed by atoms with Crippen molar-refractivity contribution >= 4 is 17.6 Å². The average molecular weight is 385 g/mol. The molecule has 0 N–H and O–H groups in total. The molecule has 2 aromatic rings. The van der Waals surface area contributed by atoms with E-state index < -0.39 is 36.1 Å². The molecule has 1 unspecified atom stereocenters. The Balaban J connectivity index is 1.89. The molecule has 1 atom stereocenters. The Hall–Kier alpha value is -3.22. The number of amides is 2. The van der Waals surface area contributed by atoms with Gasteiger partial charge in [-0.15, -0.1) is 0 Å². The van der Waals surface area contributed by atoms with E-state index in [2.05, 4.69) is 0 Å². The highest BCUT2D eigenvalue weighted by Crippen LogP contribution is 2.27. The van der Waals surface area contributed by atoms with Crippen LogP contribution >= 0.6 is 0 Å². The van der Waals surface area contributed by atoms with Crippen LogP contribution in [0.25, 0.3) is 0 Å². The standard InChI is InChI=1S/C21H20FNO5/c1-3-17-21(26)23(20(25)14-7-5-6-8-18(14)28-17)12-16(24)13-9-10-19(27-4-2)15(22)11-13/h5-11,17H,3-4,12H2,1-2H3. The van der Waals surface area contributed by atoms with Crippen LogP contribution in [0, 0.1) is 5.82 Å². The molecule has 28 heavy (non-hydrogen) atoms. The molecule has 0 saturated heterocycles. The number of Topliss-reactive ketones (excluding diaryl/α,β-unsaturated/α-hetero) is 1. The second-order valence-electron chi connectivity index (χ2n) is 6.24. The SMILES string of the molecule is CCOc1ccc(C(=O)CN2C(=O)c3ccccc3OC(CC)C2=O)cc1F. The highest BCUT2D eigenvalue weighted by atomic mass is 19.1. The first-order chi connectivity index (χ1) is 13.5. The molecule has 3 rings (SSSR count). The predicted octanol–water partition coefficient (Wildman–Crippen LogP) is 3.25. The number of ether oxygens (including phenoxy) is 2. The average Bonchev–Trinajstić information content (AvgIpc) is 2.79. The second-order valence-corrected chi connectivity index (χ2v) is 6.24. The van der Waals surface area contributed by atoms with Crippen LogP contribution in [-0.2, 0) is 4.79 Å². The van der Waals surface area contributed by atoms with Gasteiger partial charge in [0, 0.05) is 5.56 Å². The molecule has 2 aromatic carbocycles. The second kappa shape index (κ2) is 8.21. The van der Waals surface area contributed by atoms with E-state index in [0.717, 1.165) is 11.0 Å². The van der Waals surface area contributed by atoms with Crippen molar-refractivity contribution in [1.82, 2.24) is 4.90 Å². The summed E-state index contributed by atoms with van der Waals surface area (Å²) in [5, 5.41) is 0. The third kappa shape index (κ3) is 3.74. The summed E-state index contributed by atoms with van der Waals surface area (Å²) in [6, 6.07) is 10.3. The minimum atomic E-state index is -0.877. The van der Waals surface area contributed by atoms with Gasteiger partial charge in [0.05, 0.1) is 18.7 Å². The Morgan fingerprint density at radius 1 is 1.18 bits per heavy atom. The van der Waals surface area contributed by atoms with E-state index in [1.165, 1.54) is 18.2 Å². The summed E-state index contributed by atoms with van der Waals surface area (Å²) in [4.78, 5) is 39.1. The van der Waals surface area contributed by atoms with Crippen molar-refractivity contribution in [3.63, 3.8) is 0 Å². The zero-order valence-electron chi connectivity index (χ0n) is 15.6. The minimum Gasteiger partial charge on any atom is -0.491 e. The zero-order valence-corrected chi connectivity index (χ0v) is 15.6. The number of hydrogen-bond donors (Lipinski definition) is 0. The number of imide groups is 1. The van der Waals surface area contributed by atoms with Gasteiger partial charge < -0.3 is 9.47 Å². The molecule has 0 saturated carbocycles. The van der Waals surface area contributed by atoms with Gasteiger partial charge in [0.1, 0.15) is 5.75 Å². The summed E-state index contributed by atoms with van der Waals surface area (Å²) in [5.74, 6) is -2.11. The third-order valence-corrected chi connectivity index (χ3v) is 4.40. The van der Waals surface area contributed by atoms with E-state index in [1.807, 2.05) is 0 Å². The molecule has 1 aliphatic rings. The Morgan fingerprint density at radius 3 is 2.61 bits per heavy atom. The van der Waals surface area contributed by atoms with Crippen molar-refractivity contribution in [2.45, 2.75) is 26.4 Å². The summed E-state index contributed by atoms with van der Waals surface area (Å²) < 4.78 is 24.8. The maximum absolute atomic E-state index is 14.1. The van der Waals surface area contributed by atoms with Crippen LogP contribution < -0.4 is 9.47 Å². The highest BCUT2D eigenvalue weighted by molar-refractivity contribution is 6.12. The first-order valence-corrected chi connectivity index (χ1v) is 9.03. The lowest BCUT2D eigenvalue weighted by molar-refractivity contribution is -0.135. The minimum absolute atomic E-state index is 0.0364. The van der Waals surface area contributed by atoms with E-state index in [-0.39, 0.29) is 16.9 Å². The smallest absolute Gasteiger partial charge is 0.270 e. The topological polar surface area (TPSA) is 72.9 Å². The van der Waals surface area contributed by atoms with E-state index in [9.17, 15) is 18.8 Å². The number of hydrogen-bond acceptors (Lipinski definition) is 5. The molecule has 0 fully saturated rings. The van der Waals surface area contributed by atoms with Crippen molar-refractivity contribution in [2.75, 3.05) is 13.2 Å². The largest absolute Gasteiger partial charge is 0.491 e. The monoisotopic (exact) mass is 385 g/mol. The molecule has 1 aliphatic heterocycles. The Labute approximate surface area is 161 Å². The van der Waals surface area contributed by atoms with Gasteiger partial charge in [-0.3, -0.25) is 19.3 Å². The summed E-state index contributed by atoms with van der Waals surface area (Å²) in [6.07, 6.45) is -0.541. The van der Waals surface area contributed by atoms with Gasteiger partial charge in [0.15, 0.2) is 23.5 Å². The molecule has 7 heteroatoms. The molecule has 0 radical (unpaired) electrons. The van der Waals surface area contributed by atoms with Crippen LogP contribution in [0.5, 0.6) is 11.5 Å². The summed E-state index contributed by atoms with van der Waals surface area (Å²) in [7, 11) is 0. The van der Waals surface area contributed by atoms with Crippen molar-refractivity contribution < 1.29 is 28.2 Å². The molecule has 2 amide bonds. The van der Waals surface area contributed by atoms with Crippen LogP contribution in [0.1, 0.15) is 41.0 Å². The molecule has 6 nitrogen and oxygen atoms in total.